The van der Waals surface area contributed by atoms with Crippen LogP contribution in [-0.4, -0.2) is 65.6 Å². The fourth-order valence-corrected chi connectivity index (χ4v) is 3.88. The molecule has 0 radical (unpaired) electrons. The number of aliphatic hydroxyl groups is 1. The highest BCUT2D eigenvalue weighted by Crippen LogP contribution is 2.31. The predicted octanol–water partition coefficient (Wildman–Crippen LogP) is 1.44. The van der Waals surface area contributed by atoms with Crippen molar-refractivity contribution in [3.63, 3.8) is 0 Å². The molecule has 36 heavy (non-hydrogen) atoms. The van der Waals surface area contributed by atoms with E-state index >= 15 is 0 Å². The SMILES string of the molecule is N=C1NCc2cc(NC(=O)[C@H](O)[C@H]3OCCN(c4ccc(OC(F)(F)F)cc4C(=O)O)C3=O)ccc21. The molecule has 14 heteroatoms. The Balaban J connectivity index is 1.51. The van der Waals surface area contributed by atoms with Crippen molar-refractivity contribution in [3.05, 3.63) is 53.1 Å². The highest BCUT2D eigenvalue weighted by atomic mass is 19.4. The first-order valence-electron chi connectivity index (χ1n) is 10.5. The summed E-state index contributed by atoms with van der Waals surface area (Å²) in [6.45, 7) is 0.0266. The molecule has 2 amide bonds. The number of halogens is 3. The zero-order valence-corrected chi connectivity index (χ0v) is 18.3. The van der Waals surface area contributed by atoms with Crippen LogP contribution in [0.1, 0.15) is 21.5 Å². The number of amides is 2. The highest BCUT2D eigenvalue weighted by Gasteiger charge is 2.40. The van der Waals surface area contributed by atoms with E-state index in [-0.39, 0.29) is 24.7 Å². The molecule has 0 spiro atoms. The average molecular weight is 508 g/mol. The quantitative estimate of drug-likeness (QED) is 0.392. The van der Waals surface area contributed by atoms with Crippen LogP contribution in [-0.2, 0) is 20.9 Å². The van der Waals surface area contributed by atoms with Gasteiger partial charge in [-0.05, 0) is 42.0 Å². The molecule has 5 N–H and O–H groups in total. The average Bonchev–Trinajstić information content (AvgIpc) is 3.17. The highest BCUT2D eigenvalue weighted by molar-refractivity contribution is 6.07. The lowest BCUT2D eigenvalue weighted by atomic mass is 10.1. The van der Waals surface area contributed by atoms with Gasteiger partial charge in [-0.3, -0.25) is 15.0 Å². The van der Waals surface area contributed by atoms with Gasteiger partial charge in [-0.1, -0.05) is 0 Å². The number of nitrogens with one attached hydrogen (secondary N) is 3. The van der Waals surface area contributed by atoms with Gasteiger partial charge in [0, 0.05) is 24.3 Å². The number of ether oxygens (including phenoxy) is 2. The van der Waals surface area contributed by atoms with Crippen LogP contribution in [0.3, 0.4) is 0 Å². The van der Waals surface area contributed by atoms with E-state index in [1.165, 1.54) is 6.07 Å². The van der Waals surface area contributed by atoms with Gasteiger partial charge in [0.15, 0.2) is 12.2 Å². The smallest absolute Gasteiger partial charge is 0.478 e. The van der Waals surface area contributed by atoms with Crippen LogP contribution in [0.5, 0.6) is 5.75 Å². The van der Waals surface area contributed by atoms with Crippen LogP contribution < -0.4 is 20.3 Å². The number of anilines is 2. The number of amidine groups is 1. The van der Waals surface area contributed by atoms with Gasteiger partial charge in [-0.2, -0.15) is 0 Å². The number of benzene rings is 2. The maximum absolute atomic E-state index is 13.0. The van der Waals surface area contributed by atoms with Gasteiger partial charge in [-0.25, -0.2) is 4.79 Å². The normalized spacial score (nSPS) is 18.3. The second kappa shape index (κ2) is 9.47. The zero-order valence-electron chi connectivity index (χ0n) is 18.3. The Morgan fingerprint density at radius 3 is 2.69 bits per heavy atom. The maximum Gasteiger partial charge on any atom is 0.573 e. The van der Waals surface area contributed by atoms with E-state index in [0.717, 1.165) is 22.6 Å². The molecule has 2 atom stereocenters. The Hall–Kier alpha value is -4.17. The molecule has 1 saturated heterocycles. The second-order valence-electron chi connectivity index (χ2n) is 7.85. The summed E-state index contributed by atoms with van der Waals surface area (Å²) in [7, 11) is 0. The number of hydrogen-bond acceptors (Lipinski definition) is 7. The molecule has 1 fully saturated rings. The minimum Gasteiger partial charge on any atom is -0.478 e. The summed E-state index contributed by atoms with van der Waals surface area (Å²) >= 11 is 0. The summed E-state index contributed by atoms with van der Waals surface area (Å²) in [6, 6.07) is 7.17. The molecule has 2 aliphatic rings. The molecule has 0 saturated carbocycles. The molecule has 0 aromatic heterocycles. The predicted molar refractivity (Wildman–Crippen MR) is 117 cm³/mol. The number of fused-ring (bicyclic) bond motifs is 1. The molecule has 2 aromatic rings. The molecule has 2 aromatic carbocycles. The summed E-state index contributed by atoms with van der Waals surface area (Å²) in [5.41, 5.74) is 0.819. The molecule has 4 rings (SSSR count). The summed E-state index contributed by atoms with van der Waals surface area (Å²) in [6.07, 6.45) is -8.73. The molecule has 0 unspecified atom stereocenters. The summed E-state index contributed by atoms with van der Waals surface area (Å²) in [5, 5.41) is 33.1. The fraction of sp³-hybridized carbons (Fsp3) is 0.273. The van der Waals surface area contributed by atoms with E-state index in [2.05, 4.69) is 15.4 Å². The van der Waals surface area contributed by atoms with Crippen LogP contribution >= 0.6 is 0 Å². The molecule has 0 bridgehead atoms. The third-order valence-electron chi connectivity index (χ3n) is 5.50. The van der Waals surface area contributed by atoms with E-state index < -0.39 is 47.7 Å². The van der Waals surface area contributed by atoms with Crippen LogP contribution in [0.4, 0.5) is 24.5 Å². The van der Waals surface area contributed by atoms with Crippen molar-refractivity contribution in [2.75, 3.05) is 23.4 Å². The number of aliphatic hydroxyl groups excluding tert-OH is 1. The second-order valence-corrected chi connectivity index (χ2v) is 7.85. The standard InChI is InChI=1S/C22H19F3N4O7/c23-22(24,25)36-12-2-4-15(14(8-12)21(33)34)29-5-6-35-17(20(29)32)16(30)19(31)28-11-1-3-13-10(7-11)9-27-18(13)26/h1-4,7-8,16-17,30H,5-6,9H2,(H2,26,27)(H,28,31)(H,33,34)/t16-,17-/m1/s1. The van der Waals surface area contributed by atoms with Gasteiger partial charge in [0.05, 0.1) is 17.9 Å². The van der Waals surface area contributed by atoms with E-state index in [4.69, 9.17) is 10.1 Å². The molecule has 2 aliphatic heterocycles. The number of alkyl halides is 3. The minimum absolute atomic E-state index is 0.173. The minimum atomic E-state index is -5.05. The fourth-order valence-electron chi connectivity index (χ4n) is 3.88. The Kier molecular flexibility index (Phi) is 6.56. The number of aromatic carboxylic acids is 1. The lowest BCUT2D eigenvalue weighted by molar-refractivity contribution is -0.274. The third kappa shape index (κ3) is 5.08. The summed E-state index contributed by atoms with van der Waals surface area (Å²) in [4.78, 5) is 38.3. The maximum atomic E-state index is 13.0. The third-order valence-corrected chi connectivity index (χ3v) is 5.50. The van der Waals surface area contributed by atoms with Gasteiger partial charge in [0.25, 0.3) is 11.8 Å². The van der Waals surface area contributed by atoms with Crippen molar-refractivity contribution in [2.24, 2.45) is 0 Å². The zero-order chi connectivity index (χ0) is 26.2. The first-order chi connectivity index (χ1) is 16.9. The summed E-state index contributed by atoms with van der Waals surface area (Å²) < 4.78 is 46.6. The van der Waals surface area contributed by atoms with Gasteiger partial charge in [0.2, 0.25) is 0 Å². The van der Waals surface area contributed by atoms with Gasteiger partial charge >= 0.3 is 12.3 Å². The Labute approximate surface area is 200 Å². The Morgan fingerprint density at radius 1 is 1.25 bits per heavy atom. The number of carboxylic acids is 1. The molecule has 190 valence electrons. The number of rotatable bonds is 6. The first-order valence-corrected chi connectivity index (χ1v) is 10.5. The van der Waals surface area contributed by atoms with Crippen LogP contribution in [0.25, 0.3) is 0 Å². The topological polar surface area (TPSA) is 161 Å². The van der Waals surface area contributed by atoms with Crippen LogP contribution in [0, 0.1) is 5.41 Å². The number of hydrogen-bond donors (Lipinski definition) is 5. The van der Waals surface area contributed by atoms with Crippen molar-refractivity contribution in [1.29, 1.82) is 5.41 Å². The van der Waals surface area contributed by atoms with Crippen molar-refractivity contribution in [3.8, 4) is 5.75 Å². The molecular weight excluding hydrogens is 489 g/mol. The number of carbonyl (C=O) groups is 3. The van der Waals surface area contributed by atoms with Crippen LogP contribution in [0.2, 0.25) is 0 Å². The lowest BCUT2D eigenvalue weighted by Gasteiger charge is -2.34. The molecular formula is C22H19F3N4O7. The molecule has 0 aliphatic carbocycles. The monoisotopic (exact) mass is 508 g/mol. The number of carbonyl (C=O) groups excluding carboxylic acids is 2. The number of carboxylic acid groups (broad SMARTS) is 1. The van der Waals surface area contributed by atoms with Crippen molar-refractivity contribution in [1.82, 2.24) is 5.32 Å². The Morgan fingerprint density at radius 2 is 2.00 bits per heavy atom. The molecule has 11 nitrogen and oxygen atoms in total. The summed E-state index contributed by atoms with van der Waals surface area (Å²) in [5.74, 6) is -4.10. The van der Waals surface area contributed by atoms with E-state index in [1.807, 2.05) is 0 Å². The Bertz CT molecular complexity index is 1250. The largest absolute Gasteiger partial charge is 0.573 e. The van der Waals surface area contributed by atoms with Crippen molar-refractivity contribution in [2.45, 2.75) is 25.1 Å². The molecule has 2 heterocycles. The van der Waals surface area contributed by atoms with Gasteiger partial charge in [-0.15, -0.1) is 13.2 Å². The van der Waals surface area contributed by atoms with Crippen molar-refractivity contribution < 1.29 is 47.2 Å². The first kappa shape index (κ1) is 24.9. The lowest BCUT2D eigenvalue weighted by Crippen LogP contribution is -2.55. The van der Waals surface area contributed by atoms with Crippen molar-refractivity contribution >= 4 is 35.0 Å². The number of nitrogens with zero attached hydrogens (tertiary/aromatic N) is 1. The van der Waals surface area contributed by atoms with E-state index in [1.54, 1.807) is 12.1 Å². The van der Waals surface area contributed by atoms with Gasteiger partial charge in [0.1, 0.15) is 11.6 Å². The number of morpholine rings is 1. The van der Waals surface area contributed by atoms with Crippen LogP contribution in [0.15, 0.2) is 36.4 Å². The van der Waals surface area contributed by atoms with E-state index in [9.17, 15) is 37.8 Å². The van der Waals surface area contributed by atoms with E-state index in [0.29, 0.717) is 23.9 Å². The van der Waals surface area contributed by atoms with Gasteiger partial charge < -0.3 is 35.2 Å².